The number of nitrogens with zero attached hydrogens (tertiary/aromatic N) is 2. The lowest BCUT2D eigenvalue weighted by molar-refractivity contribution is -0.116. The molecule has 1 aromatic heterocycles. The number of benzene rings is 3. The number of hydrogen-bond donors (Lipinski definition) is 2. The van der Waals surface area contributed by atoms with E-state index in [-0.39, 0.29) is 25.5 Å². The third-order valence-electron chi connectivity index (χ3n) is 5.05. The average Bonchev–Trinajstić information content (AvgIpc) is 2.83. The van der Waals surface area contributed by atoms with Crippen LogP contribution >= 0.6 is 0 Å². The molecule has 164 valence electrons. The molecule has 0 aliphatic carbocycles. The molecule has 0 saturated heterocycles. The molecule has 4 rings (SSSR count). The topological polar surface area (TPSA) is 117 Å². The lowest BCUT2D eigenvalue weighted by Crippen LogP contribution is -2.31. The quantitative estimate of drug-likeness (QED) is 0.458. The number of anilines is 1. The Labute approximate surface area is 188 Å². The fourth-order valence-electron chi connectivity index (χ4n) is 3.46. The van der Waals surface area contributed by atoms with Crippen molar-refractivity contribution in [3.63, 3.8) is 0 Å². The molecule has 1 amide bonds. The van der Waals surface area contributed by atoms with E-state index in [9.17, 15) is 14.4 Å². The van der Waals surface area contributed by atoms with Crippen molar-refractivity contribution in [2.24, 2.45) is 0 Å². The van der Waals surface area contributed by atoms with E-state index in [1.807, 2.05) is 6.07 Å². The second-order valence-corrected chi connectivity index (χ2v) is 7.35. The highest BCUT2D eigenvalue weighted by Gasteiger charge is 2.10. The Morgan fingerprint density at radius 3 is 2.70 bits per heavy atom. The van der Waals surface area contributed by atoms with Gasteiger partial charge in [0, 0.05) is 24.7 Å². The van der Waals surface area contributed by atoms with E-state index in [0.717, 1.165) is 5.56 Å². The molecule has 3 aromatic carbocycles. The van der Waals surface area contributed by atoms with Crippen LogP contribution in [0.15, 0.2) is 82.4 Å². The van der Waals surface area contributed by atoms with Crippen molar-refractivity contribution in [1.82, 2.24) is 9.55 Å². The Hall–Kier alpha value is -4.64. The number of hydrogen-bond acceptors (Lipinski definition) is 5. The maximum atomic E-state index is 12.5. The fraction of sp³-hybridized carbons (Fsp3) is 0.120. The van der Waals surface area contributed by atoms with Gasteiger partial charge >= 0.3 is 5.69 Å². The van der Waals surface area contributed by atoms with Crippen LogP contribution < -0.4 is 21.3 Å². The summed E-state index contributed by atoms with van der Waals surface area (Å²) in [5.41, 5.74) is 1.46. The Bertz CT molecular complexity index is 1480. The van der Waals surface area contributed by atoms with Gasteiger partial charge in [-0.25, -0.2) is 4.79 Å². The minimum absolute atomic E-state index is 0.0436. The van der Waals surface area contributed by atoms with Gasteiger partial charge in [0.15, 0.2) is 0 Å². The number of aromatic nitrogens is 2. The Kier molecular flexibility index (Phi) is 6.32. The van der Waals surface area contributed by atoms with Gasteiger partial charge in [-0.05, 0) is 42.0 Å². The minimum atomic E-state index is -0.553. The first-order chi connectivity index (χ1) is 16.0. The number of rotatable bonds is 7. The summed E-state index contributed by atoms with van der Waals surface area (Å²) >= 11 is 0. The molecule has 2 N–H and O–H groups in total. The van der Waals surface area contributed by atoms with Crippen molar-refractivity contribution in [2.75, 3.05) is 5.32 Å². The molecule has 0 fully saturated rings. The molecule has 0 radical (unpaired) electrons. The predicted molar refractivity (Wildman–Crippen MR) is 124 cm³/mol. The summed E-state index contributed by atoms with van der Waals surface area (Å²) in [6.07, 6.45) is 0.0436. The van der Waals surface area contributed by atoms with E-state index >= 15 is 0 Å². The summed E-state index contributed by atoms with van der Waals surface area (Å²) in [6.45, 7) is 0.405. The summed E-state index contributed by atoms with van der Waals surface area (Å²) < 4.78 is 7.16. The Morgan fingerprint density at radius 2 is 1.85 bits per heavy atom. The van der Waals surface area contributed by atoms with E-state index in [1.54, 1.807) is 66.7 Å². The van der Waals surface area contributed by atoms with Crippen molar-refractivity contribution >= 4 is 22.5 Å². The molecule has 0 saturated carbocycles. The average molecular weight is 440 g/mol. The standard InChI is InChI=1S/C25H20N4O4/c26-15-17-5-3-6-18(13-17)16-33-20-8-4-7-19(14-20)27-23(30)11-12-29-22-10-2-1-9-21(22)24(31)28-25(29)32/h1-10,13-14H,11-12,16H2,(H,27,30)(H,28,31,32). The molecular weight excluding hydrogens is 420 g/mol. The number of para-hydroxylation sites is 1. The van der Waals surface area contributed by atoms with Gasteiger partial charge in [-0.2, -0.15) is 5.26 Å². The van der Waals surface area contributed by atoms with Crippen LogP contribution in [0.25, 0.3) is 10.9 Å². The maximum absolute atomic E-state index is 12.5. The number of amides is 1. The van der Waals surface area contributed by atoms with E-state index in [1.165, 1.54) is 4.57 Å². The van der Waals surface area contributed by atoms with Gasteiger partial charge in [0.05, 0.1) is 22.5 Å². The number of ether oxygens (including phenoxy) is 1. The molecule has 0 unspecified atom stereocenters. The number of nitriles is 1. The number of aryl methyl sites for hydroxylation is 1. The molecule has 0 aliphatic heterocycles. The van der Waals surface area contributed by atoms with Crippen molar-refractivity contribution in [3.05, 3.63) is 105 Å². The van der Waals surface area contributed by atoms with Gasteiger partial charge in [-0.1, -0.05) is 30.3 Å². The first kappa shape index (κ1) is 21.6. The molecular formula is C25H20N4O4. The summed E-state index contributed by atoms with van der Waals surface area (Å²) in [5.74, 6) is 0.286. The molecule has 8 nitrogen and oxygen atoms in total. The van der Waals surface area contributed by atoms with Gasteiger partial charge in [-0.15, -0.1) is 0 Å². The van der Waals surface area contributed by atoms with Gasteiger partial charge in [0.2, 0.25) is 5.91 Å². The van der Waals surface area contributed by atoms with Crippen molar-refractivity contribution in [1.29, 1.82) is 5.26 Å². The molecule has 0 atom stereocenters. The van der Waals surface area contributed by atoms with Crippen LogP contribution in [0.1, 0.15) is 17.5 Å². The summed E-state index contributed by atoms with van der Waals surface area (Å²) in [4.78, 5) is 39.0. The SMILES string of the molecule is N#Cc1cccc(COc2cccc(NC(=O)CCn3c(=O)[nH]c(=O)c4ccccc43)c2)c1. The number of carbonyl (C=O) groups excluding carboxylic acids is 1. The molecule has 8 heteroatoms. The van der Waals surface area contributed by atoms with Crippen molar-refractivity contribution in [2.45, 2.75) is 19.6 Å². The largest absolute Gasteiger partial charge is 0.489 e. The third kappa shape index (κ3) is 5.17. The van der Waals surface area contributed by atoms with Crippen LogP contribution in [0.4, 0.5) is 5.69 Å². The third-order valence-corrected chi connectivity index (χ3v) is 5.05. The molecule has 1 heterocycles. The summed E-state index contributed by atoms with van der Waals surface area (Å²) in [6, 6.07) is 23.0. The number of aromatic amines is 1. The van der Waals surface area contributed by atoms with Gasteiger partial charge < -0.3 is 10.1 Å². The Balaban J connectivity index is 1.40. The summed E-state index contributed by atoms with van der Waals surface area (Å²) in [5, 5.41) is 12.2. The van der Waals surface area contributed by atoms with E-state index in [2.05, 4.69) is 16.4 Å². The van der Waals surface area contributed by atoms with Gasteiger partial charge in [0.1, 0.15) is 12.4 Å². The number of carbonyl (C=O) groups is 1. The highest BCUT2D eigenvalue weighted by Crippen LogP contribution is 2.19. The van der Waals surface area contributed by atoms with Crippen LogP contribution in [0.2, 0.25) is 0 Å². The second kappa shape index (κ2) is 9.66. The van der Waals surface area contributed by atoms with Crippen LogP contribution in [-0.4, -0.2) is 15.5 Å². The number of nitrogens with one attached hydrogen (secondary N) is 2. The van der Waals surface area contributed by atoms with Crippen LogP contribution in [0, 0.1) is 11.3 Å². The zero-order valence-corrected chi connectivity index (χ0v) is 17.6. The maximum Gasteiger partial charge on any atom is 0.328 e. The minimum Gasteiger partial charge on any atom is -0.489 e. The van der Waals surface area contributed by atoms with Crippen LogP contribution in [0.3, 0.4) is 0 Å². The zero-order valence-electron chi connectivity index (χ0n) is 17.6. The highest BCUT2D eigenvalue weighted by atomic mass is 16.5. The first-order valence-corrected chi connectivity index (χ1v) is 10.3. The molecule has 33 heavy (non-hydrogen) atoms. The molecule has 0 aliphatic rings. The second-order valence-electron chi connectivity index (χ2n) is 7.35. The lowest BCUT2D eigenvalue weighted by Gasteiger charge is -2.11. The molecule has 0 spiro atoms. The van der Waals surface area contributed by atoms with Crippen LogP contribution in [-0.2, 0) is 17.9 Å². The molecule has 0 bridgehead atoms. The van der Waals surface area contributed by atoms with E-state index in [0.29, 0.717) is 27.9 Å². The van der Waals surface area contributed by atoms with Gasteiger partial charge in [0.25, 0.3) is 5.56 Å². The van der Waals surface area contributed by atoms with E-state index in [4.69, 9.17) is 10.00 Å². The van der Waals surface area contributed by atoms with Crippen LogP contribution in [0.5, 0.6) is 5.75 Å². The first-order valence-electron chi connectivity index (χ1n) is 10.3. The predicted octanol–water partition coefficient (Wildman–Crippen LogP) is 3.17. The normalized spacial score (nSPS) is 10.5. The smallest absolute Gasteiger partial charge is 0.328 e. The monoisotopic (exact) mass is 440 g/mol. The lowest BCUT2D eigenvalue weighted by atomic mass is 10.1. The fourth-order valence-corrected chi connectivity index (χ4v) is 3.46. The van der Waals surface area contributed by atoms with Crippen molar-refractivity contribution in [3.8, 4) is 11.8 Å². The number of H-pyrrole nitrogens is 1. The summed E-state index contributed by atoms with van der Waals surface area (Å²) in [7, 11) is 0. The zero-order chi connectivity index (χ0) is 23.2. The van der Waals surface area contributed by atoms with Crippen molar-refractivity contribution < 1.29 is 9.53 Å². The Morgan fingerprint density at radius 1 is 1.03 bits per heavy atom. The molecule has 4 aromatic rings. The van der Waals surface area contributed by atoms with Gasteiger partial charge in [-0.3, -0.25) is 19.1 Å². The highest BCUT2D eigenvalue weighted by molar-refractivity contribution is 5.91. The van der Waals surface area contributed by atoms with E-state index < -0.39 is 11.2 Å². The number of fused-ring (bicyclic) bond motifs is 1.